The van der Waals surface area contributed by atoms with Crippen molar-refractivity contribution in [3.63, 3.8) is 0 Å². The van der Waals surface area contributed by atoms with Crippen molar-refractivity contribution in [1.29, 1.82) is 0 Å². The lowest BCUT2D eigenvalue weighted by molar-refractivity contribution is -0.276. The molecule has 0 aliphatic heterocycles. The minimum Gasteiger partial charge on any atom is -0.353 e. The maximum absolute atomic E-state index is 12.5. The highest BCUT2D eigenvalue weighted by Gasteiger charge is 2.50. The molecule has 0 saturated carbocycles. The molecule has 0 fully saturated rings. The number of rotatable bonds is 4. The second-order valence-electron chi connectivity index (χ2n) is 3.79. The highest BCUT2D eigenvalue weighted by molar-refractivity contribution is 5.79. The van der Waals surface area contributed by atoms with Crippen molar-refractivity contribution in [2.75, 3.05) is 14.2 Å². The van der Waals surface area contributed by atoms with Gasteiger partial charge in [0.25, 0.3) is 5.91 Å². The summed E-state index contributed by atoms with van der Waals surface area (Å²) in [4.78, 5) is 15.9. The maximum Gasteiger partial charge on any atom is 0.416 e. The van der Waals surface area contributed by atoms with Crippen molar-refractivity contribution >= 4 is 5.91 Å². The molecule has 96 valence electrons. The van der Waals surface area contributed by atoms with Crippen LogP contribution in [0.2, 0.25) is 0 Å². The predicted octanol–water partition coefficient (Wildman–Crippen LogP) is 1.75. The molecule has 16 heavy (non-hydrogen) atoms. The summed E-state index contributed by atoms with van der Waals surface area (Å²) in [5.41, 5.74) is -2.38. The lowest BCUT2D eigenvalue weighted by Gasteiger charge is -2.31. The number of hydrogen-bond acceptors (Lipinski definition) is 3. The largest absolute Gasteiger partial charge is 0.416 e. The fraction of sp³-hybridized carbons (Fsp3) is 0.889. The van der Waals surface area contributed by atoms with Crippen LogP contribution in [0.3, 0.4) is 0 Å². The highest BCUT2D eigenvalue weighted by Crippen LogP contribution is 2.33. The minimum atomic E-state index is -4.53. The molecule has 1 unspecified atom stereocenters. The lowest BCUT2D eigenvalue weighted by atomic mass is 10.1. The van der Waals surface area contributed by atoms with Crippen LogP contribution >= 0.6 is 0 Å². The molecule has 0 heterocycles. The predicted molar refractivity (Wildman–Crippen MR) is 50.5 cm³/mol. The second-order valence-corrected chi connectivity index (χ2v) is 3.79. The Morgan fingerprint density at radius 2 is 1.75 bits per heavy atom. The standard InChI is InChI=1S/C9H16F3NO3/c1-6(7(14)13(4)15-5)16-8(2,3)9(10,11)12/h6H,1-5H3. The number of likely N-dealkylation sites (N-methyl/N-ethyl adjacent to an activating group) is 1. The van der Waals surface area contributed by atoms with Crippen LogP contribution in [0.1, 0.15) is 20.8 Å². The number of nitrogens with zero attached hydrogens (tertiary/aromatic N) is 1. The van der Waals surface area contributed by atoms with E-state index < -0.39 is 23.8 Å². The summed E-state index contributed by atoms with van der Waals surface area (Å²) < 4.78 is 42.1. The summed E-state index contributed by atoms with van der Waals surface area (Å²) in [6, 6.07) is 0. The van der Waals surface area contributed by atoms with Gasteiger partial charge in [-0.05, 0) is 20.8 Å². The molecule has 0 aliphatic rings. The van der Waals surface area contributed by atoms with Crippen molar-refractivity contribution in [2.24, 2.45) is 0 Å². The molecule has 1 amide bonds. The topological polar surface area (TPSA) is 38.8 Å². The van der Waals surface area contributed by atoms with Gasteiger partial charge in [-0.3, -0.25) is 9.63 Å². The van der Waals surface area contributed by atoms with E-state index in [0.717, 1.165) is 18.9 Å². The van der Waals surface area contributed by atoms with E-state index in [2.05, 4.69) is 4.84 Å². The van der Waals surface area contributed by atoms with Crippen LogP contribution in [0.4, 0.5) is 13.2 Å². The smallest absolute Gasteiger partial charge is 0.353 e. The number of halogens is 3. The third kappa shape index (κ3) is 3.64. The Kier molecular flexibility index (Phi) is 4.75. The summed E-state index contributed by atoms with van der Waals surface area (Å²) in [6.45, 7) is 2.97. The Balaban J connectivity index is 4.57. The van der Waals surface area contributed by atoms with E-state index in [1.54, 1.807) is 0 Å². The molecule has 0 spiro atoms. The second kappa shape index (κ2) is 5.01. The normalized spacial score (nSPS) is 14.8. The Hall–Kier alpha value is -0.820. The summed E-state index contributed by atoms with van der Waals surface area (Å²) in [6.07, 6.45) is -5.77. The highest BCUT2D eigenvalue weighted by atomic mass is 19.4. The molecular formula is C9H16F3NO3. The van der Waals surface area contributed by atoms with E-state index in [4.69, 9.17) is 4.74 Å². The SMILES string of the molecule is CON(C)C(=O)C(C)OC(C)(C)C(F)(F)F. The molecule has 0 rings (SSSR count). The molecule has 1 atom stereocenters. The first-order valence-corrected chi connectivity index (χ1v) is 4.59. The van der Waals surface area contributed by atoms with Crippen molar-refractivity contribution in [3.8, 4) is 0 Å². The monoisotopic (exact) mass is 243 g/mol. The quantitative estimate of drug-likeness (QED) is 0.706. The summed E-state index contributed by atoms with van der Waals surface area (Å²) in [7, 11) is 2.53. The third-order valence-electron chi connectivity index (χ3n) is 2.09. The lowest BCUT2D eigenvalue weighted by Crippen LogP contribution is -2.47. The van der Waals surface area contributed by atoms with Crippen LogP contribution in [0, 0.1) is 0 Å². The van der Waals surface area contributed by atoms with Gasteiger partial charge in [0.05, 0.1) is 7.11 Å². The van der Waals surface area contributed by atoms with E-state index in [-0.39, 0.29) is 0 Å². The third-order valence-corrected chi connectivity index (χ3v) is 2.09. The Morgan fingerprint density at radius 3 is 2.06 bits per heavy atom. The van der Waals surface area contributed by atoms with E-state index in [1.807, 2.05) is 0 Å². The first kappa shape index (κ1) is 15.2. The fourth-order valence-corrected chi connectivity index (χ4v) is 0.905. The van der Waals surface area contributed by atoms with Crippen LogP contribution in [0.15, 0.2) is 0 Å². The molecule has 0 aromatic carbocycles. The Morgan fingerprint density at radius 1 is 1.31 bits per heavy atom. The average Bonchev–Trinajstić information content (AvgIpc) is 2.12. The molecule has 0 aromatic rings. The number of carbonyl (C=O) groups is 1. The molecule has 7 heteroatoms. The Bertz CT molecular complexity index is 253. The number of hydrogen-bond donors (Lipinski definition) is 0. The number of carbonyl (C=O) groups excluding carboxylic acids is 1. The molecular weight excluding hydrogens is 227 g/mol. The van der Waals surface area contributed by atoms with Crippen LogP contribution in [-0.2, 0) is 14.4 Å². The van der Waals surface area contributed by atoms with Gasteiger partial charge in [-0.2, -0.15) is 13.2 Å². The first-order chi connectivity index (χ1) is 7.03. The van der Waals surface area contributed by atoms with E-state index >= 15 is 0 Å². The van der Waals surface area contributed by atoms with E-state index in [1.165, 1.54) is 21.1 Å². The van der Waals surface area contributed by atoms with Crippen LogP contribution < -0.4 is 0 Å². The van der Waals surface area contributed by atoms with Gasteiger partial charge in [-0.25, -0.2) is 5.06 Å². The van der Waals surface area contributed by atoms with Gasteiger partial charge >= 0.3 is 6.18 Å². The summed E-state index contributed by atoms with van der Waals surface area (Å²) >= 11 is 0. The van der Waals surface area contributed by atoms with Gasteiger partial charge in [0.15, 0.2) is 5.60 Å². The average molecular weight is 243 g/mol. The van der Waals surface area contributed by atoms with Crippen LogP contribution in [0.5, 0.6) is 0 Å². The van der Waals surface area contributed by atoms with Crippen molar-refractivity contribution in [1.82, 2.24) is 5.06 Å². The summed E-state index contributed by atoms with van der Waals surface area (Å²) in [5.74, 6) is -0.681. The first-order valence-electron chi connectivity index (χ1n) is 4.59. The molecule has 0 radical (unpaired) electrons. The van der Waals surface area contributed by atoms with Crippen LogP contribution in [-0.4, -0.2) is 43.0 Å². The van der Waals surface area contributed by atoms with Gasteiger partial charge in [0.2, 0.25) is 0 Å². The maximum atomic E-state index is 12.5. The summed E-state index contributed by atoms with van der Waals surface area (Å²) in [5, 5.41) is 0.817. The Labute approximate surface area is 92.3 Å². The minimum absolute atomic E-state index is 0.681. The number of amides is 1. The molecule has 0 aromatic heterocycles. The van der Waals surface area contributed by atoms with Crippen molar-refractivity contribution in [2.45, 2.75) is 38.7 Å². The van der Waals surface area contributed by atoms with Gasteiger partial charge < -0.3 is 4.74 Å². The molecule has 0 aliphatic carbocycles. The zero-order valence-corrected chi connectivity index (χ0v) is 9.88. The van der Waals surface area contributed by atoms with Gasteiger partial charge in [0, 0.05) is 7.05 Å². The van der Waals surface area contributed by atoms with Gasteiger partial charge in [-0.1, -0.05) is 0 Å². The van der Waals surface area contributed by atoms with Crippen molar-refractivity contribution < 1.29 is 27.5 Å². The molecule has 0 N–H and O–H groups in total. The molecule has 4 nitrogen and oxygen atoms in total. The fourth-order valence-electron chi connectivity index (χ4n) is 0.905. The van der Waals surface area contributed by atoms with Crippen LogP contribution in [0.25, 0.3) is 0 Å². The van der Waals surface area contributed by atoms with Gasteiger partial charge in [-0.15, -0.1) is 0 Å². The zero-order valence-electron chi connectivity index (χ0n) is 9.88. The number of alkyl halides is 3. The van der Waals surface area contributed by atoms with Crippen molar-refractivity contribution in [3.05, 3.63) is 0 Å². The molecule has 0 bridgehead atoms. The van der Waals surface area contributed by atoms with E-state index in [9.17, 15) is 18.0 Å². The van der Waals surface area contributed by atoms with Gasteiger partial charge in [0.1, 0.15) is 6.10 Å². The zero-order chi connectivity index (χ0) is 13.1. The number of hydroxylamine groups is 2. The van der Waals surface area contributed by atoms with E-state index in [0.29, 0.717) is 0 Å². The number of ether oxygens (including phenoxy) is 1. The molecule has 0 saturated heterocycles.